The van der Waals surface area contributed by atoms with Crippen molar-refractivity contribution in [2.75, 3.05) is 21.3 Å². The Labute approximate surface area is 149 Å². The molecular weight excluding hydrogens is 344 g/mol. The molecule has 0 spiro atoms. The smallest absolute Gasteiger partial charge is 0.357 e. The van der Waals surface area contributed by atoms with Gasteiger partial charge in [0.15, 0.2) is 17.2 Å². The van der Waals surface area contributed by atoms with E-state index in [1.165, 1.54) is 7.11 Å². The molecule has 0 radical (unpaired) electrons. The molecule has 0 atom stereocenters. The molecule has 6 nitrogen and oxygen atoms in total. The second-order valence-corrected chi connectivity index (χ2v) is 5.52. The average molecular weight is 359 g/mol. The van der Waals surface area contributed by atoms with Gasteiger partial charge in [0.2, 0.25) is 0 Å². The SMILES string of the molecule is COC(=O)c1ncc2cc(OC)c(OC)cc2c1-c1ccnc(Cl)c1. The summed E-state index contributed by atoms with van der Waals surface area (Å²) in [4.78, 5) is 20.5. The lowest BCUT2D eigenvalue weighted by atomic mass is 9.97. The van der Waals surface area contributed by atoms with Gasteiger partial charge >= 0.3 is 5.97 Å². The summed E-state index contributed by atoms with van der Waals surface area (Å²) < 4.78 is 15.6. The highest BCUT2D eigenvalue weighted by molar-refractivity contribution is 6.29. The largest absolute Gasteiger partial charge is 0.493 e. The minimum atomic E-state index is -0.542. The molecular formula is C18H15ClN2O4. The van der Waals surface area contributed by atoms with Crippen molar-refractivity contribution in [1.29, 1.82) is 0 Å². The first-order valence-corrected chi connectivity index (χ1v) is 7.71. The zero-order valence-corrected chi connectivity index (χ0v) is 14.6. The van der Waals surface area contributed by atoms with Crippen LogP contribution in [-0.2, 0) is 4.74 Å². The molecule has 2 aromatic heterocycles. The number of carbonyl (C=O) groups excluding carboxylic acids is 1. The van der Waals surface area contributed by atoms with Crippen molar-refractivity contribution in [3.05, 3.63) is 47.5 Å². The maximum Gasteiger partial charge on any atom is 0.357 e. The summed E-state index contributed by atoms with van der Waals surface area (Å²) in [7, 11) is 4.42. The van der Waals surface area contributed by atoms with Crippen molar-refractivity contribution in [3.8, 4) is 22.6 Å². The van der Waals surface area contributed by atoms with Gasteiger partial charge in [-0.2, -0.15) is 0 Å². The standard InChI is InChI=1S/C18H15ClN2O4/c1-23-13-6-11-9-21-17(18(22)25-3)16(12(11)8-14(13)24-2)10-4-5-20-15(19)7-10/h4-9H,1-3H3. The Hall–Kier alpha value is -2.86. The van der Waals surface area contributed by atoms with Crippen LogP contribution in [0, 0.1) is 0 Å². The first-order valence-electron chi connectivity index (χ1n) is 7.34. The molecule has 1 aromatic carbocycles. The number of hydrogen-bond acceptors (Lipinski definition) is 6. The normalized spacial score (nSPS) is 10.6. The molecule has 0 unspecified atom stereocenters. The van der Waals surface area contributed by atoms with Gasteiger partial charge in [-0.15, -0.1) is 0 Å². The lowest BCUT2D eigenvalue weighted by Gasteiger charge is -2.14. The van der Waals surface area contributed by atoms with E-state index in [0.717, 1.165) is 10.8 Å². The van der Waals surface area contributed by atoms with Gasteiger partial charge in [-0.05, 0) is 35.2 Å². The molecule has 128 valence electrons. The number of esters is 1. The first kappa shape index (κ1) is 17.0. The molecule has 0 saturated carbocycles. The van der Waals surface area contributed by atoms with E-state index in [4.69, 9.17) is 25.8 Å². The molecule has 0 aliphatic carbocycles. The van der Waals surface area contributed by atoms with Crippen molar-refractivity contribution < 1.29 is 19.0 Å². The number of carbonyl (C=O) groups is 1. The zero-order valence-electron chi connectivity index (χ0n) is 13.9. The van der Waals surface area contributed by atoms with Gasteiger partial charge in [-0.25, -0.2) is 14.8 Å². The highest BCUT2D eigenvalue weighted by Gasteiger charge is 2.20. The van der Waals surface area contributed by atoms with Crippen LogP contribution in [0.15, 0.2) is 36.7 Å². The van der Waals surface area contributed by atoms with Crippen molar-refractivity contribution in [1.82, 2.24) is 9.97 Å². The number of ether oxygens (including phenoxy) is 3. The van der Waals surface area contributed by atoms with E-state index >= 15 is 0 Å². The van der Waals surface area contributed by atoms with Crippen molar-refractivity contribution in [3.63, 3.8) is 0 Å². The number of pyridine rings is 2. The minimum Gasteiger partial charge on any atom is -0.493 e. The van der Waals surface area contributed by atoms with E-state index in [9.17, 15) is 4.79 Å². The van der Waals surface area contributed by atoms with E-state index in [-0.39, 0.29) is 5.69 Å². The molecule has 2 heterocycles. The van der Waals surface area contributed by atoms with Crippen LogP contribution in [0.4, 0.5) is 0 Å². The molecule has 3 aromatic rings. The summed E-state index contributed by atoms with van der Waals surface area (Å²) in [6, 6.07) is 7.02. The van der Waals surface area contributed by atoms with Crippen LogP contribution in [0.5, 0.6) is 11.5 Å². The Morgan fingerprint density at radius 3 is 2.40 bits per heavy atom. The zero-order chi connectivity index (χ0) is 18.0. The van der Waals surface area contributed by atoms with Gasteiger partial charge in [0.25, 0.3) is 0 Å². The number of halogens is 1. The molecule has 0 bridgehead atoms. The van der Waals surface area contributed by atoms with Gasteiger partial charge in [-0.3, -0.25) is 0 Å². The lowest BCUT2D eigenvalue weighted by molar-refractivity contribution is 0.0595. The van der Waals surface area contributed by atoms with E-state index in [1.54, 1.807) is 50.9 Å². The van der Waals surface area contributed by atoms with E-state index < -0.39 is 5.97 Å². The fourth-order valence-electron chi connectivity index (χ4n) is 2.65. The maximum absolute atomic E-state index is 12.2. The van der Waals surface area contributed by atoms with Crippen molar-refractivity contribution in [2.24, 2.45) is 0 Å². The van der Waals surface area contributed by atoms with Crippen LogP contribution in [0.1, 0.15) is 10.5 Å². The molecule has 0 amide bonds. The quantitative estimate of drug-likeness (QED) is 0.522. The highest BCUT2D eigenvalue weighted by atomic mass is 35.5. The second kappa shape index (κ2) is 6.94. The number of nitrogens with zero attached hydrogens (tertiary/aromatic N) is 2. The monoisotopic (exact) mass is 358 g/mol. The maximum atomic E-state index is 12.2. The van der Waals surface area contributed by atoms with Crippen molar-refractivity contribution in [2.45, 2.75) is 0 Å². The van der Waals surface area contributed by atoms with E-state index in [1.807, 2.05) is 0 Å². The fraction of sp³-hybridized carbons (Fsp3) is 0.167. The Bertz CT molecular complexity index is 959. The van der Waals surface area contributed by atoms with Crippen LogP contribution < -0.4 is 9.47 Å². The molecule has 3 rings (SSSR count). The topological polar surface area (TPSA) is 70.5 Å². The third-order valence-corrected chi connectivity index (χ3v) is 4.00. The first-order chi connectivity index (χ1) is 12.1. The van der Waals surface area contributed by atoms with Gasteiger partial charge in [0.05, 0.1) is 21.3 Å². The lowest BCUT2D eigenvalue weighted by Crippen LogP contribution is -2.07. The van der Waals surface area contributed by atoms with E-state index in [0.29, 0.717) is 27.8 Å². The number of rotatable bonds is 4. The number of hydrogen-bond donors (Lipinski definition) is 0. The molecule has 7 heteroatoms. The Morgan fingerprint density at radius 1 is 1.04 bits per heavy atom. The van der Waals surface area contributed by atoms with Crippen LogP contribution >= 0.6 is 11.6 Å². The molecule has 0 fully saturated rings. The van der Waals surface area contributed by atoms with Crippen LogP contribution in [0.3, 0.4) is 0 Å². The minimum absolute atomic E-state index is 0.185. The Kier molecular flexibility index (Phi) is 4.72. The average Bonchev–Trinajstić information content (AvgIpc) is 2.65. The second-order valence-electron chi connectivity index (χ2n) is 5.14. The number of methoxy groups -OCH3 is 3. The fourth-order valence-corrected chi connectivity index (χ4v) is 2.82. The number of fused-ring (bicyclic) bond motifs is 1. The summed E-state index contributed by atoms with van der Waals surface area (Å²) in [5.41, 5.74) is 1.48. The van der Waals surface area contributed by atoms with Gasteiger partial charge in [-0.1, -0.05) is 11.6 Å². The number of benzene rings is 1. The highest BCUT2D eigenvalue weighted by Crippen LogP contribution is 2.38. The van der Waals surface area contributed by atoms with Crippen LogP contribution in [0.25, 0.3) is 21.9 Å². The Morgan fingerprint density at radius 2 is 1.76 bits per heavy atom. The van der Waals surface area contributed by atoms with Gasteiger partial charge in [0, 0.05) is 23.3 Å². The summed E-state index contributed by atoms with van der Waals surface area (Å²) in [5, 5.41) is 1.86. The molecule has 0 aliphatic rings. The van der Waals surface area contributed by atoms with Crippen molar-refractivity contribution >= 4 is 28.3 Å². The van der Waals surface area contributed by atoms with E-state index in [2.05, 4.69) is 9.97 Å². The Balaban J connectivity index is 2.41. The van der Waals surface area contributed by atoms with Gasteiger partial charge in [0.1, 0.15) is 5.15 Å². The predicted molar refractivity (Wildman–Crippen MR) is 94.4 cm³/mol. The third kappa shape index (κ3) is 3.08. The van der Waals surface area contributed by atoms with Crippen LogP contribution in [-0.4, -0.2) is 37.3 Å². The molecule has 0 saturated heterocycles. The summed E-state index contributed by atoms with van der Waals surface area (Å²) in [6.07, 6.45) is 3.16. The van der Waals surface area contributed by atoms with Gasteiger partial charge < -0.3 is 14.2 Å². The summed E-state index contributed by atoms with van der Waals surface area (Å²) in [6.45, 7) is 0. The summed E-state index contributed by atoms with van der Waals surface area (Å²) >= 11 is 6.03. The third-order valence-electron chi connectivity index (χ3n) is 3.79. The number of aromatic nitrogens is 2. The summed E-state index contributed by atoms with van der Waals surface area (Å²) in [5.74, 6) is 0.569. The molecule has 0 aliphatic heterocycles. The molecule has 25 heavy (non-hydrogen) atoms. The van der Waals surface area contributed by atoms with Crippen LogP contribution in [0.2, 0.25) is 5.15 Å². The molecule has 0 N–H and O–H groups in total. The predicted octanol–water partition coefficient (Wildman–Crippen LogP) is 3.75.